The Morgan fingerprint density at radius 1 is 1.30 bits per heavy atom. The van der Waals surface area contributed by atoms with Crippen LogP contribution in [0.4, 0.5) is 0 Å². The maximum absolute atomic E-state index is 12.9. The number of sulfonamides is 1. The third-order valence-corrected chi connectivity index (χ3v) is 6.94. The molecule has 8 nitrogen and oxygen atoms in total. The fraction of sp³-hybridized carbons (Fsp3) is 0.444. The Morgan fingerprint density at radius 2 is 2.00 bits per heavy atom. The van der Waals surface area contributed by atoms with Crippen LogP contribution >= 0.6 is 0 Å². The van der Waals surface area contributed by atoms with Gasteiger partial charge in [0, 0.05) is 24.7 Å². The molecular formula is C18H24N4O4S. The number of H-pyrrole nitrogens is 1. The van der Waals surface area contributed by atoms with Gasteiger partial charge >= 0.3 is 0 Å². The number of carbonyl (C=O) groups is 1. The van der Waals surface area contributed by atoms with Gasteiger partial charge in [0.2, 0.25) is 10.0 Å². The fourth-order valence-electron chi connectivity index (χ4n) is 3.32. The van der Waals surface area contributed by atoms with Crippen molar-refractivity contribution in [1.29, 1.82) is 0 Å². The molecule has 27 heavy (non-hydrogen) atoms. The second kappa shape index (κ2) is 7.69. The first-order valence-electron chi connectivity index (χ1n) is 8.79. The van der Waals surface area contributed by atoms with Gasteiger partial charge in [0.15, 0.2) is 0 Å². The Morgan fingerprint density at radius 3 is 2.59 bits per heavy atom. The molecule has 1 aliphatic rings. The van der Waals surface area contributed by atoms with Crippen molar-refractivity contribution >= 4 is 15.9 Å². The monoisotopic (exact) mass is 392 g/mol. The van der Waals surface area contributed by atoms with Crippen molar-refractivity contribution < 1.29 is 17.9 Å². The highest BCUT2D eigenvalue weighted by molar-refractivity contribution is 7.89. The van der Waals surface area contributed by atoms with Gasteiger partial charge in [-0.05, 0) is 44.9 Å². The molecule has 1 aliphatic heterocycles. The van der Waals surface area contributed by atoms with E-state index in [-0.39, 0.29) is 16.8 Å². The van der Waals surface area contributed by atoms with Crippen molar-refractivity contribution in [2.24, 2.45) is 0 Å². The maximum Gasteiger partial charge on any atom is 0.251 e. The van der Waals surface area contributed by atoms with Crippen LogP contribution in [0.3, 0.4) is 0 Å². The maximum atomic E-state index is 12.9. The van der Waals surface area contributed by atoms with Gasteiger partial charge < -0.3 is 10.1 Å². The van der Waals surface area contributed by atoms with Gasteiger partial charge in [0.25, 0.3) is 5.91 Å². The second-order valence-electron chi connectivity index (χ2n) is 6.65. The predicted octanol–water partition coefficient (Wildman–Crippen LogP) is 1.62. The number of aromatic nitrogens is 2. The Balaban J connectivity index is 1.63. The molecule has 9 heteroatoms. The SMILES string of the molecule is COc1cccc(C(=O)NC2CCN(S(=O)(=O)c3c(C)n[nH]c3C)CC2)c1. The number of aromatic amines is 1. The molecule has 0 bridgehead atoms. The van der Waals surface area contributed by atoms with Crippen LogP contribution in [-0.2, 0) is 10.0 Å². The van der Waals surface area contributed by atoms with Crippen LogP contribution in [-0.4, -0.2) is 55.1 Å². The number of piperidine rings is 1. The lowest BCUT2D eigenvalue weighted by molar-refractivity contribution is 0.0923. The van der Waals surface area contributed by atoms with Crippen molar-refractivity contribution in [3.8, 4) is 5.75 Å². The van der Waals surface area contributed by atoms with E-state index >= 15 is 0 Å². The summed E-state index contributed by atoms with van der Waals surface area (Å²) in [6, 6.07) is 6.88. The summed E-state index contributed by atoms with van der Waals surface area (Å²) < 4.78 is 32.4. The van der Waals surface area contributed by atoms with Crippen LogP contribution < -0.4 is 10.1 Å². The molecule has 0 radical (unpaired) electrons. The summed E-state index contributed by atoms with van der Waals surface area (Å²) in [6.45, 7) is 4.09. The van der Waals surface area contributed by atoms with E-state index in [0.29, 0.717) is 48.6 Å². The van der Waals surface area contributed by atoms with Crippen LogP contribution in [0.2, 0.25) is 0 Å². The van der Waals surface area contributed by atoms with Gasteiger partial charge in [-0.15, -0.1) is 0 Å². The smallest absolute Gasteiger partial charge is 0.251 e. The first kappa shape index (κ1) is 19.4. The summed E-state index contributed by atoms with van der Waals surface area (Å²) in [5, 5.41) is 9.68. The van der Waals surface area contributed by atoms with E-state index in [2.05, 4.69) is 15.5 Å². The van der Waals surface area contributed by atoms with Gasteiger partial charge in [0.1, 0.15) is 10.6 Å². The highest BCUT2D eigenvalue weighted by Crippen LogP contribution is 2.25. The Labute approximate surface area is 159 Å². The van der Waals surface area contributed by atoms with E-state index in [1.807, 2.05) is 0 Å². The lowest BCUT2D eigenvalue weighted by Gasteiger charge is -2.31. The summed E-state index contributed by atoms with van der Waals surface area (Å²) in [4.78, 5) is 12.7. The van der Waals surface area contributed by atoms with Crippen LogP contribution in [0.5, 0.6) is 5.75 Å². The summed E-state index contributed by atoms with van der Waals surface area (Å²) >= 11 is 0. The van der Waals surface area contributed by atoms with E-state index in [9.17, 15) is 13.2 Å². The molecule has 1 fully saturated rings. The van der Waals surface area contributed by atoms with E-state index in [4.69, 9.17) is 4.74 Å². The van der Waals surface area contributed by atoms with Gasteiger partial charge in [-0.2, -0.15) is 9.40 Å². The average molecular weight is 392 g/mol. The van der Waals surface area contributed by atoms with Crippen molar-refractivity contribution in [3.63, 3.8) is 0 Å². The number of carbonyl (C=O) groups excluding carboxylic acids is 1. The van der Waals surface area contributed by atoms with Crippen LogP contribution in [0.15, 0.2) is 29.2 Å². The minimum absolute atomic E-state index is 0.0679. The number of benzene rings is 1. The molecule has 2 N–H and O–H groups in total. The standard InChI is InChI=1S/C18H24N4O4S/c1-12-17(13(2)21-20-12)27(24,25)22-9-7-15(8-10-22)19-18(23)14-5-4-6-16(11-14)26-3/h4-6,11,15H,7-10H2,1-3H3,(H,19,23)(H,20,21). The molecule has 0 saturated carbocycles. The zero-order chi connectivity index (χ0) is 19.6. The first-order valence-corrected chi connectivity index (χ1v) is 10.2. The van der Waals surface area contributed by atoms with E-state index < -0.39 is 10.0 Å². The minimum atomic E-state index is -3.58. The number of rotatable bonds is 5. The van der Waals surface area contributed by atoms with Crippen molar-refractivity contribution in [2.45, 2.75) is 37.6 Å². The minimum Gasteiger partial charge on any atom is -0.497 e. The number of nitrogens with zero attached hydrogens (tertiary/aromatic N) is 2. The highest BCUT2D eigenvalue weighted by Gasteiger charge is 2.33. The van der Waals surface area contributed by atoms with Crippen molar-refractivity contribution in [1.82, 2.24) is 19.8 Å². The normalized spacial score (nSPS) is 16.3. The number of nitrogens with one attached hydrogen (secondary N) is 2. The molecule has 2 heterocycles. The molecule has 1 aromatic heterocycles. The number of aryl methyl sites for hydroxylation is 2. The number of hydrogen-bond donors (Lipinski definition) is 2. The number of ether oxygens (including phenoxy) is 1. The number of methoxy groups -OCH3 is 1. The zero-order valence-electron chi connectivity index (χ0n) is 15.7. The summed E-state index contributed by atoms with van der Waals surface area (Å²) in [7, 11) is -2.03. The van der Waals surface area contributed by atoms with E-state index in [0.717, 1.165) is 0 Å². The summed E-state index contributed by atoms with van der Waals surface area (Å²) in [5.41, 5.74) is 1.54. The average Bonchev–Trinajstić information content (AvgIpc) is 3.01. The van der Waals surface area contributed by atoms with Crippen LogP contribution in [0.25, 0.3) is 0 Å². The molecule has 146 valence electrons. The third kappa shape index (κ3) is 3.98. The molecule has 2 aromatic rings. The lowest BCUT2D eigenvalue weighted by Crippen LogP contribution is -2.46. The molecule has 1 saturated heterocycles. The Hall–Kier alpha value is -2.39. The highest BCUT2D eigenvalue weighted by atomic mass is 32.2. The Kier molecular flexibility index (Phi) is 5.52. The first-order chi connectivity index (χ1) is 12.8. The fourth-order valence-corrected chi connectivity index (χ4v) is 5.12. The van der Waals surface area contributed by atoms with Gasteiger partial charge in [-0.3, -0.25) is 9.89 Å². The number of hydrogen-bond acceptors (Lipinski definition) is 5. The summed E-state index contributed by atoms with van der Waals surface area (Å²) in [5.74, 6) is 0.436. The Bertz CT molecular complexity index is 911. The zero-order valence-corrected chi connectivity index (χ0v) is 16.5. The molecule has 0 aliphatic carbocycles. The molecule has 0 unspecified atom stereocenters. The second-order valence-corrected chi connectivity index (χ2v) is 8.52. The lowest BCUT2D eigenvalue weighted by atomic mass is 10.1. The molecule has 1 aromatic carbocycles. The molecular weight excluding hydrogens is 368 g/mol. The van der Waals surface area contributed by atoms with Gasteiger partial charge in [0.05, 0.1) is 18.5 Å². The molecule has 1 amide bonds. The quantitative estimate of drug-likeness (QED) is 0.805. The molecule has 0 atom stereocenters. The molecule has 0 spiro atoms. The van der Waals surface area contributed by atoms with Crippen LogP contribution in [0, 0.1) is 13.8 Å². The van der Waals surface area contributed by atoms with E-state index in [1.54, 1.807) is 45.2 Å². The van der Waals surface area contributed by atoms with Crippen molar-refractivity contribution in [2.75, 3.05) is 20.2 Å². The number of amides is 1. The van der Waals surface area contributed by atoms with E-state index in [1.165, 1.54) is 4.31 Å². The molecule has 3 rings (SSSR count). The topological polar surface area (TPSA) is 104 Å². The summed E-state index contributed by atoms with van der Waals surface area (Å²) in [6.07, 6.45) is 1.12. The van der Waals surface area contributed by atoms with Crippen LogP contribution in [0.1, 0.15) is 34.6 Å². The third-order valence-electron chi connectivity index (χ3n) is 4.78. The predicted molar refractivity (Wildman–Crippen MR) is 100 cm³/mol. The van der Waals surface area contributed by atoms with Crippen molar-refractivity contribution in [3.05, 3.63) is 41.2 Å². The van der Waals surface area contributed by atoms with Gasteiger partial charge in [-0.25, -0.2) is 8.42 Å². The van der Waals surface area contributed by atoms with Gasteiger partial charge in [-0.1, -0.05) is 6.07 Å². The largest absolute Gasteiger partial charge is 0.497 e.